The molecular weight excluding hydrogens is 408 g/mol. The Kier molecular flexibility index (Phi) is 4.69. The first-order valence-corrected chi connectivity index (χ1v) is 10.8. The zero-order valence-corrected chi connectivity index (χ0v) is 18.0. The number of carbonyl (C=O) groups excluding carboxylic acids is 2. The molecule has 2 amide bonds. The Morgan fingerprint density at radius 1 is 1.38 bits per heavy atom. The van der Waals surface area contributed by atoms with Crippen LogP contribution in [0.3, 0.4) is 0 Å². The smallest absolute Gasteiger partial charge is 0.255 e. The molecule has 1 aliphatic carbocycles. The summed E-state index contributed by atoms with van der Waals surface area (Å²) in [6.45, 7) is 2.80. The van der Waals surface area contributed by atoms with Crippen LogP contribution in [0.5, 0.6) is 0 Å². The molecule has 4 heterocycles. The number of nitrogens with one attached hydrogen (secondary N) is 2. The summed E-state index contributed by atoms with van der Waals surface area (Å²) < 4.78 is 1.67. The van der Waals surface area contributed by atoms with Crippen LogP contribution in [0.25, 0.3) is 22.4 Å². The first-order chi connectivity index (χ1) is 15.4. The zero-order valence-electron chi connectivity index (χ0n) is 18.0. The number of aromatic nitrogens is 5. The number of nitriles is 1. The molecule has 0 radical (unpaired) electrons. The second kappa shape index (κ2) is 7.44. The van der Waals surface area contributed by atoms with E-state index in [1.807, 2.05) is 20.2 Å². The summed E-state index contributed by atoms with van der Waals surface area (Å²) in [5, 5.41) is 16.5. The number of nitrogens with zero attached hydrogens (tertiary/aromatic N) is 6. The SMILES string of the molecule is CCC1(C#N)CN(C(=O)[C@H](NC(=O)c2c[nH]c3ncc(-c4cnn(C)c4)nc23)C2CC2)C1. The van der Waals surface area contributed by atoms with E-state index in [4.69, 9.17) is 0 Å². The van der Waals surface area contributed by atoms with Gasteiger partial charge in [0.05, 0.1) is 35.1 Å². The normalized spacial score (nSPS) is 18.1. The van der Waals surface area contributed by atoms with Crippen LogP contribution in [0.1, 0.15) is 36.5 Å². The number of hydrogen-bond donors (Lipinski definition) is 2. The third-order valence-corrected chi connectivity index (χ3v) is 6.48. The van der Waals surface area contributed by atoms with Crippen molar-refractivity contribution in [3.8, 4) is 17.3 Å². The van der Waals surface area contributed by atoms with Gasteiger partial charge in [-0.25, -0.2) is 9.97 Å². The predicted octanol–water partition coefficient (Wildman–Crippen LogP) is 1.63. The maximum absolute atomic E-state index is 13.1. The minimum atomic E-state index is -0.588. The minimum absolute atomic E-state index is 0.109. The highest BCUT2D eigenvalue weighted by Crippen LogP contribution is 2.38. The Morgan fingerprint density at radius 3 is 2.78 bits per heavy atom. The maximum atomic E-state index is 13.1. The monoisotopic (exact) mass is 432 g/mol. The van der Waals surface area contributed by atoms with Crippen molar-refractivity contribution in [2.24, 2.45) is 18.4 Å². The summed E-state index contributed by atoms with van der Waals surface area (Å²) in [6, 6.07) is 1.74. The molecule has 2 aliphatic rings. The van der Waals surface area contributed by atoms with Gasteiger partial charge in [-0.1, -0.05) is 6.92 Å². The van der Waals surface area contributed by atoms with Gasteiger partial charge >= 0.3 is 0 Å². The Bertz CT molecular complexity index is 1240. The van der Waals surface area contributed by atoms with Crippen molar-refractivity contribution in [3.63, 3.8) is 0 Å². The predicted molar refractivity (Wildman–Crippen MR) is 115 cm³/mol. The number of H-pyrrole nitrogens is 1. The number of fused-ring (bicyclic) bond motifs is 1. The van der Waals surface area contributed by atoms with Crippen LogP contribution in [0.2, 0.25) is 0 Å². The summed E-state index contributed by atoms with van der Waals surface area (Å²) in [5.41, 5.74) is 2.26. The fraction of sp³-hybridized carbons (Fsp3) is 0.455. The van der Waals surface area contributed by atoms with Gasteiger partial charge in [0.25, 0.3) is 5.91 Å². The Labute approximate surface area is 184 Å². The van der Waals surface area contributed by atoms with Crippen molar-refractivity contribution in [1.82, 2.24) is 34.9 Å². The number of carbonyl (C=O) groups is 2. The van der Waals surface area contributed by atoms with E-state index in [-0.39, 0.29) is 17.7 Å². The summed E-state index contributed by atoms with van der Waals surface area (Å²) in [7, 11) is 1.82. The van der Waals surface area contributed by atoms with E-state index in [1.54, 1.807) is 28.2 Å². The molecule has 164 valence electrons. The summed E-state index contributed by atoms with van der Waals surface area (Å²) in [6.07, 6.45) is 9.24. The lowest BCUT2D eigenvalue weighted by Gasteiger charge is -2.46. The van der Waals surface area contributed by atoms with E-state index in [1.165, 1.54) is 0 Å². The van der Waals surface area contributed by atoms with E-state index in [2.05, 4.69) is 31.4 Å². The first-order valence-electron chi connectivity index (χ1n) is 10.8. The standard InChI is InChI=1S/C22H24N8O2/c1-3-22(10-23)11-30(12-22)21(32)17(13-4-5-13)28-20(31)15-7-24-19-18(15)27-16(8-25-19)14-6-26-29(2)9-14/h6-9,13,17H,3-5,11-12H2,1-2H3,(H,24,25)(H,28,31)/t17-/m1/s1. The molecule has 3 aromatic rings. The third-order valence-electron chi connectivity index (χ3n) is 6.48. The molecule has 1 aliphatic heterocycles. The van der Waals surface area contributed by atoms with Crippen LogP contribution in [-0.2, 0) is 11.8 Å². The highest BCUT2D eigenvalue weighted by Gasteiger charge is 2.48. The molecule has 0 bridgehead atoms. The molecule has 1 saturated carbocycles. The Hall–Kier alpha value is -3.74. The van der Waals surface area contributed by atoms with Gasteiger partial charge in [0.2, 0.25) is 5.91 Å². The summed E-state index contributed by atoms with van der Waals surface area (Å²) in [4.78, 5) is 39.9. The van der Waals surface area contributed by atoms with E-state index >= 15 is 0 Å². The van der Waals surface area contributed by atoms with Crippen LogP contribution < -0.4 is 5.32 Å². The van der Waals surface area contributed by atoms with Crippen LogP contribution >= 0.6 is 0 Å². The van der Waals surface area contributed by atoms with Crippen molar-refractivity contribution < 1.29 is 9.59 Å². The van der Waals surface area contributed by atoms with E-state index in [0.29, 0.717) is 41.9 Å². The van der Waals surface area contributed by atoms with E-state index in [9.17, 15) is 14.9 Å². The van der Waals surface area contributed by atoms with E-state index in [0.717, 1.165) is 18.4 Å². The lowest BCUT2D eigenvalue weighted by molar-refractivity contribution is -0.143. The average Bonchev–Trinajstić information content (AvgIpc) is 3.37. The van der Waals surface area contributed by atoms with Gasteiger partial charge < -0.3 is 15.2 Å². The zero-order chi connectivity index (χ0) is 22.5. The number of aryl methyl sites for hydroxylation is 1. The van der Waals surface area contributed by atoms with Gasteiger partial charge in [-0.3, -0.25) is 14.3 Å². The van der Waals surface area contributed by atoms with Gasteiger partial charge in [0.15, 0.2) is 5.65 Å². The molecule has 10 nitrogen and oxygen atoms in total. The van der Waals surface area contributed by atoms with Crippen molar-refractivity contribution in [2.75, 3.05) is 13.1 Å². The highest BCUT2D eigenvalue weighted by molar-refractivity contribution is 6.06. The molecule has 2 N–H and O–H groups in total. The van der Waals surface area contributed by atoms with Gasteiger partial charge in [0, 0.05) is 38.1 Å². The van der Waals surface area contributed by atoms with Gasteiger partial charge in [0.1, 0.15) is 11.6 Å². The molecule has 5 rings (SSSR count). The Morgan fingerprint density at radius 2 is 2.16 bits per heavy atom. The highest BCUT2D eigenvalue weighted by atomic mass is 16.2. The molecule has 0 spiro atoms. The Balaban J connectivity index is 1.36. The van der Waals surface area contributed by atoms with Crippen LogP contribution in [0.15, 0.2) is 24.8 Å². The van der Waals surface area contributed by atoms with Gasteiger partial charge in [-0.05, 0) is 25.2 Å². The largest absolute Gasteiger partial charge is 0.344 e. The third kappa shape index (κ3) is 3.39. The van der Waals surface area contributed by atoms with Crippen LogP contribution in [0.4, 0.5) is 0 Å². The maximum Gasteiger partial charge on any atom is 0.255 e. The van der Waals surface area contributed by atoms with Crippen molar-refractivity contribution >= 4 is 23.0 Å². The lowest BCUT2D eigenvalue weighted by atomic mass is 9.78. The van der Waals surface area contributed by atoms with Crippen LogP contribution in [-0.4, -0.2) is 60.6 Å². The van der Waals surface area contributed by atoms with Gasteiger partial charge in [-0.2, -0.15) is 10.4 Å². The van der Waals surface area contributed by atoms with Crippen molar-refractivity contribution in [3.05, 3.63) is 30.4 Å². The number of likely N-dealkylation sites (tertiary alicyclic amines) is 1. The fourth-order valence-corrected chi connectivity index (χ4v) is 4.20. The fourth-order valence-electron chi connectivity index (χ4n) is 4.20. The van der Waals surface area contributed by atoms with Gasteiger partial charge in [-0.15, -0.1) is 0 Å². The number of rotatable bonds is 6. The average molecular weight is 432 g/mol. The van der Waals surface area contributed by atoms with Crippen LogP contribution in [0, 0.1) is 22.7 Å². The first kappa shape index (κ1) is 20.2. The molecule has 10 heteroatoms. The molecule has 3 aromatic heterocycles. The molecule has 32 heavy (non-hydrogen) atoms. The second-order valence-corrected chi connectivity index (χ2v) is 8.79. The number of amides is 2. The molecule has 1 saturated heterocycles. The minimum Gasteiger partial charge on any atom is -0.344 e. The summed E-state index contributed by atoms with van der Waals surface area (Å²) >= 11 is 0. The molecule has 1 atom stereocenters. The molecule has 0 aromatic carbocycles. The number of hydrogen-bond acceptors (Lipinski definition) is 6. The number of aromatic amines is 1. The topological polar surface area (TPSA) is 133 Å². The molecular formula is C22H24N8O2. The van der Waals surface area contributed by atoms with Crippen molar-refractivity contribution in [1.29, 1.82) is 5.26 Å². The van der Waals surface area contributed by atoms with E-state index < -0.39 is 11.5 Å². The molecule has 0 unspecified atom stereocenters. The molecule has 2 fully saturated rings. The van der Waals surface area contributed by atoms with Crippen molar-refractivity contribution in [2.45, 2.75) is 32.2 Å². The summed E-state index contributed by atoms with van der Waals surface area (Å²) in [5.74, 6) is -0.337. The quantitative estimate of drug-likeness (QED) is 0.608. The lowest BCUT2D eigenvalue weighted by Crippen LogP contribution is -2.62. The second-order valence-electron chi connectivity index (χ2n) is 8.79.